The number of benzene rings is 3. The summed E-state index contributed by atoms with van der Waals surface area (Å²) in [6, 6.07) is 21.9. The first-order valence-electron chi connectivity index (χ1n) is 12.6. The van der Waals surface area contributed by atoms with Crippen molar-refractivity contribution in [3.8, 4) is 5.75 Å². The van der Waals surface area contributed by atoms with E-state index in [-0.39, 0.29) is 29.6 Å². The fourth-order valence-corrected chi connectivity index (χ4v) is 6.28. The summed E-state index contributed by atoms with van der Waals surface area (Å²) < 4.78 is 38.3. The number of sulfone groups is 1. The third kappa shape index (κ3) is 4.93. The van der Waals surface area contributed by atoms with Gasteiger partial charge in [0.15, 0.2) is 21.5 Å². The lowest BCUT2D eigenvalue weighted by atomic mass is 9.80. The van der Waals surface area contributed by atoms with Crippen LogP contribution in [0, 0.1) is 0 Å². The van der Waals surface area contributed by atoms with Crippen LogP contribution in [-0.4, -0.2) is 55.7 Å². The fraction of sp³-hybridized carbons (Fsp3) is 0.276. The Balaban J connectivity index is 1.55. The molecule has 2 amide bonds. The number of carbonyl (C=O) groups excluding carboxylic acids is 2. The molecule has 9 nitrogen and oxygen atoms in total. The van der Waals surface area contributed by atoms with Crippen molar-refractivity contribution in [2.45, 2.75) is 36.3 Å². The van der Waals surface area contributed by atoms with Crippen LogP contribution in [-0.2, 0) is 24.2 Å². The molecule has 2 atom stereocenters. The quantitative estimate of drug-likeness (QED) is 0.406. The molecule has 0 spiro atoms. The SMILES string of the molecule is CC(=O)N1C(=O)[C@@]2(CCS(=O)(=O)c3ccccc3)N=C(c3ccc(OCCCO)cc3)O[C@H]2c2ccccc21. The maximum Gasteiger partial charge on any atom is 0.266 e. The van der Waals surface area contributed by atoms with E-state index < -0.39 is 33.3 Å². The van der Waals surface area contributed by atoms with E-state index in [4.69, 9.17) is 19.6 Å². The van der Waals surface area contributed by atoms with Gasteiger partial charge in [-0.3, -0.25) is 9.59 Å². The summed E-state index contributed by atoms with van der Waals surface area (Å²) >= 11 is 0. The van der Waals surface area contributed by atoms with Gasteiger partial charge in [0.05, 0.1) is 22.9 Å². The predicted octanol–water partition coefficient (Wildman–Crippen LogP) is 3.46. The molecule has 3 aromatic rings. The molecular formula is C29H28N2O7S. The van der Waals surface area contributed by atoms with E-state index in [2.05, 4.69) is 0 Å². The molecule has 2 heterocycles. The number of imide groups is 1. The van der Waals surface area contributed by atoms with Crippen molar-refractivity contribution in [1.82, 2.24) is 0 Å². The van der Waals surface area contributed by atoms with Crippen LogP contribution in [0.2, 0.25) is 0 Å². The molecule has 0 saturated heterocycles. The Bertz CT molecular complexity index is 1520. The van der Waals surface area contributed by atoms with Gasteiger partial charge in [0.1, 0.15) is 5.75 Å². The second kappa shape index (κ2) is 10.6. The number of hydrogen-bond acceptors (Lipinski definition) is 8. The summed E-state index contributed by atoms with van der Waals surface area (Å²) in [5.41, 5.74) is -0.116. The van der Waals surface area contributed by atoms with Gasteiger partial charge in [0, 0.05) is 37.5 Å². The number of aliphatic hydroxyl groups is 1. The van der Waals surface area contributed by atoms with Gasteiger partial charge in [-0.05, 0) is 42.5 Å². The van der Waals surface area contributed by atoms with Crippen molar-refractivity contribution in [2.75, 3.05) is 23.9 Å². The molecule has 2 aliphatic heterocycles. The van der Waals surface area contributed by atoms with Crippen molar-refractivity contribution in [3.05, 3.63) is 90.0 Å². The Morgan fingerprint density at radius 3 is 2.44 bits per heavy atom. The van der Waals surface area contributed by atoms with Crippen LogP contribution in [0.4, 0.5) is 5.69 Å². The summed E-state index contributed by atoms with van der Waals surface area (Å²) in [5, 5.41) is 8.96. The minimum absolute atomic E-state index is 0.0268. The van der Waals surface area contributed by atoms with Crippen LogP contribution in [0.1, 0.15) is 37.0 Å². The first-order chi connectivity index (χ1) is 18.8. The molecule has 0 unspecified atom stereocenters. The molecule has 10 heteroatoms. The summed E-state index contributed by atoms with van der Waals surface area (Å²) in [6.45, 7) is 1.68. The molecule has 202 valence electrons. The van der Waals surface area contributed by atoms with Gasteiger partial charge in [-0.2, -0.15) is 0 Å². The van der Waals surface area contributed by atoms with E-state index in [0.29, 0.717) is 35.6 Å². The molecule has 0 bridgehead atoms. The molecule has 0 aromatic heterocycles. The number of fused-ring (bicyclic) bond motifs is 3. The minimum atomic E-state index is -3.76. The zero-order valence-corrected chi connectivity index (χ0v) is 22.1. The van der Waals surface area contributed by atoms with Gasteiger partial charge in [0.25, 0.3) is 5.91 Å². The van der Waals surface area contributed by atoms with E-state index in [1.54, 1.807) is 66.7 Å². The van der Waals surface area contributed by atoms with Crippen LogP contribution >= 0.6 is 0 Å². The monoisotopic (exact) mass is 548 g/mol. The highest BCUT2D eigenvalue weighted by Gasteiger charge is 2.59. The standard InChI is InChI=1S/C29H28N2O7S/c1-20(33)31-25-11-6-5-10-24(25)26-29(28(31)34,16-19-39(35,36)23-8-3-2-4-9-23)30-27(38-26)21-12-14-22(15-13-21)37-18-7-17-32/h2-6,8-15,26,32H,7,16-19H2,1H3/t26-,29-/m0/s1. The highest BCUT2D eigenvalue weighted by atomic mass is 32.2. The van der Waals surface area contributed by atoms with Gasteiger partial charge in [-0.25, -0.2) is 18.3 Å². The molecule has 0 radical (unpaired) electrons. The second-order valence-electron chi connectivity index (χ2n) is 9.39. The second-order valence-corrected chi connectivity index (χ2v) is 11.5. The number of aliphatic hydroxyl groups excluding tert-OH is 1. The van der Waals surface area contributed by atoms with Crippen LogP contribution in [0.5, 0.6) is 5.75 Å². The van der Waals surface area contributed by atoms with Gasteiger partial charge in [-0.15, -0.1) is 0 Å². The Morgan fingerprint density at radius 2 is 1.74 bits per heavy atom. The molecule has 0 saturated carbocycles. The van der Waals surface area contributed by atoms with Crippen LogP contribution in [0.15, 0.2) is 88.8 Å². The lowest BCUT2D eigenvalue weighted by molar-refractivity contribution is -0.131. The number of aliphatic imine (C=N–C) groups is 1. The van der Waals surface area contributed by atoms with Gasteiger partial charge in [-0.1, -0.05) is 36.4 Å². The maximum atomic E-state index is 14.0. The topological polar surface area (TPSA) is 123 Å². The lowest BCUT2D eigenvalue weighted by Gasteiger charge is -2.40. The number of para-hydroxylation sites is 1. The van der Waals surface area contributed by atoms with Crippen molar-refractivity contribution >= 4 is 33.2 Å². The number of hydrogen-bond donors (Lipinski definition) is 1. The van der Waals surface area contributed by atoms with Crippen molar-refractivity contribution < 1.29 is 32.6 Å². The molecule has 5 rings (SSSR count). The molecule has 39 heavy (non-hydrogen) atoms. The van der Waals surface area contributed by atoms with Gasteiger partial charge in [0.2, 0.25) is 11.8 Å². The molecular weight excluding hydrogens is 520 g/mol. The number of amides is 2. The van der Waals surface area contributed by atoms with Crippen LogP contribution in [0.25, 0.3) is 0 Å². The molecule has 0 fully saturated rings. The average Bonchev–Trinajstić information content (AvgIpc) is 3.35. The molecule has 1 N–H and O–H groups in total. The summed E-state index contributed by atoms with van der Waals surface area (Å²) in [4.78, 5) is 32.7. The summed E-state index contributed by atoms with van der Waals surface area (Å²) in [6.07, 6.45) is -0.599. The Hall–Kier alpha value is -4.02. The Labute approximate surface area is 226 Å². The fourth-order valence-electron chi connectivity index (χ4n) is 4.89. The Morgan fingerprint density at radius 1 is 1.05 bits per heavy atom. The zero-order valence-electron chi connectivity index (χ0n) is 21.3. The van der Waals surface area contributed by atoms with Crippen molar-refractivity contribution in [2.24, 2.45) is 4.99 Å². The number of carbonyl (C=O) groups is 2. The van der Waals surface area contributed by atoms with Crippen molar-refractivity contribution in [3.63, 3.8) is 0 Å². The van der Waals surface area contributed by atoms with Gasteiger partial charge >= 0.3 is 0 Å². The van der Waals surface area contributed by atoms with E-state index in [0.717, 1.165) is 4.90 Å². The smallest absolute Gasteiger partial charge is 0.266 e. The van der Waals surface area contributed by atoms with Crippen molar-refractivity contribution in [1.29, 1.82) is 0 Å². The normalized spacial score (nSPS) is 20.1. The van der Waals surface area contributed by atoms with E-state index in [1.165, 1.54) is 19.1 Å². The minimum Gasteiger partial charge on any atom is -0.494 e. The van der Waals surface area contributed by atoms with Crippen LogP contribution in [0.3, 0.4) is 0 Å². The van der Waals surface area contributed by atoms with Gasteiger partial charge < -0.3 is 14.6 Å². The molecule has 0 aliphatic carbocycles. The highest BCUT2D eigenvalue weighted by Crippen LogP contribution is 2.50. The number of anilines is 1. The predicted molar refractivity (Wildman–Crippen MR) is 144 cm³/mol. The highest BCUT2D eigenvalue weighted by molar-refractivity contribution is 7.91. The van der Waals surface area contributed by atoms with E-state index in [1.807, 2.05) is 0 Å². The summed E-state index contributed by atoms with van der Waals surface area (Å²) in [7, 11) is -3.76. The van der Waals surface area contributed by atoms with E-state index in [9.17, 15) is 18.0 Å². The van der Waals surface area contributed by atoms with E-state index >= 15 is 0 Å². The largest absolute Gasteiger partial charge is 0.494 e. The number of ether oxygens (including phenoxy) is 2. The molecule has 3 aromatic carbocycles. The third-order valence-corrected chi connectivity index (χ3v) is 8.57. The average molecular weight is 549 g/mol. The summed E-state index contributed by atoms with van der Waals surface area (Å²) in [5.74, 6) is -0.723. The lowest BCUT2D eigenvalue weighted by Crippen LogP contribution is -2.56. The zero-order chi connectivity index (χ0) is 27.6. The first-order valence-corrected chi connectivity index (χ1v) is 14.2. The maximum absolute atomic E-state index is 14.0. The molecule has 2 aliphatic rings. The number of nitrogens with zero attached hydrogens (tertiary/aromatic N) is 2. The number of rotatable bonds is 9. The third-order valence-electron chi connectivity index (χ3n) is 6.84. The Kier molecular flexibility index (Phi) is 7.24. The van der Waals surface area contributed by atoms with Crippen LogP contribution < -0.4 is 9.64 Å². The first kappa shape index (κ1) is 26.6.